The van der Waals surface area contributed by atoms with E-state index in [9.17, 15) is 9.59 Å². The number of amides is 2. The fourth-order valence-corrected chi connectivity index (χ4v) is 1.62. The Morgan fingerprint density at radius 1 is 1.33 bits per heavy atom. The first-order valence-electron chi connectivity index (χ1n) is 4.28. The van der Waals surface area contributed by atoms with Gasteiger partial charge in [-0.2, -0.15) is 0 Å². The van der Waals surface area contributed by atoms with Crippen molar-refractivity contribution in [2.75, 3.05) is 4.90 Å². The van der Waals surface area contributed by atoms with Gasteiger partial charge in [0.05, 0.1) is 0 Å². The molecule has 0 unspecified atom stereocenters. The van der Waals surface area contributed by atoms with Crippen LogP contribution in [0.3, 0.4) is 0 Å². The molecule has 0 spiro atoms. The van der Waals surface area contributed by atoms with Crippen molar-refractivity contribution in [3.05, 3.63) is 33.5 Å². The van der Waals surface area contributed by atoms with E-state index in [4.69, 9.17) is 0 Å². The van der Waals surface area contributed by atoms with Gasteiger partial charge < -0.3 is 0 Å². The summed E-state index contributed by atoms with van der Waals surface area (Å²) in [7, 11) is 0. The largest absolute Gasteiger partial charge is 0.269 e. The number of pyridine rings is 1. The lowest BCUT2D eigenvalue weighted by Crippen LogP contribution is -2.31. The van der Waals surface area contributed by atoms with Gasteiger partial charge >= 0.3 is 0 Å². The average molecular weight is 314 g/mol. The molecule has 2 heterocycles. The second-order valence-corrected chi connectivity index (χ2v) is 4.39. The monoisotopic (exact) mass is 314 g/mol. The molecule has 2 amide bonds. The highest BCUT2D eigenvalue weighted by Crippen LogP contribution is 2.20. The van der Waals surface area contributed by atoms with Gasteiger partial charge in [0, 0.05) is 21.4 Å². The summed E-state index contributed by atoms with van der Waals surface area (Å²) in [6.45, 7) is 1.62. The predicted molar refractivity (Wildman–Crippen MR) is 63.2 cm³/mol. The van der Waals surface area contributed by atoms with Crippen LogP contribution < -0.4 is 4.90 Å². The smallest absolute Gasteiger partial charge is 0.262 e. The molecule has 0 radical (unpaired) electrons. The van der Waals surface area contributed by atoms with Crippen LogP contribution in [0.2, 0.25) is 0 Å². The molecule has 0 saturated carbocycles. The summed E-state index contributed by atoms with van der Waals surface area (Å²) in [4.78, 5) is 28.2. The van der Waals surface area contributed by atoms with Gasteiger partial charge in [0.25, 0.3) is 11.8 Å². The van der Waals surface area contributed by atoms with Crippen molar-refractivity contribution >= 4 is 40.2 Å². The van der Waals surface area contributed by atoms with Crippen LogP contribution in [0.25, 0.3) is 0 Å². The maximum absolute atomic E-state index is 11.6. The molecular formula is C10H7IN2O2. The van der Waals surface area contributed by atoms with Gasteiger partial charge in [0.2, 0.25) is 0 Å². The molecule has 0 saturated heterocycles. The van der Waals surface area contributed by atoms with Crippen LogP contribution in [0.1, 0.15) is 6.92 Å². The van der Waals surface area contributed by atoms with Crippen LogP contribution >= 0.6 is 22.6 Å². The quantitative estimate of drug-likeness (QED) is 0.583. The first-order valence-corrected chi connectivity index (χ1v) is 5.36. The maximum atomic E-state index is 11.6. The molecule has 1 aliphatic heterocycles. The Morgan fingerprint density at radius 3 is 2.53 bits per heavy atom. The zero-order valence-corrected chi connectivity index (χ0v) is 10.1. The summed E-state index contributed by atoms with van der Waals surface area (Å²) in [5.41, 5.74) is 0.445. The van der Waals surface area contributed by atoms with Crippen molar-refractivity contribution in [1.29, 1.82) is 0 Å². The third-order valence-electron chi connectivity index (χ3n) is 2.04. The summed E-state index contributed by atoms with van der Waals surface area (Å²) in [5.74, 6) is -0.251. The van der Waals surface area contributed by atoms with E-state index >= 15 is 0 Å². The van der Waals surface area contributed by atoms with E-state index in [-0.39, 0.29) is 11.8 Å². The van der Waals surface area contributed by atoms with E-state index < -0.39 is 0 Å². The van der Waals surface area contributed by atoms with E-state index in [1.165, 1.54) is 6.08 Å². The highest BCUT2D eigenvalue weighted by Gasteiger charge is 2.30. The number of anilines is 1. The van der Waals surface area contributed by atoms with Crippen LogP contribution in [0, 0.1) is 3.57 Å². The van der Waals surface area contributed by atoms with Crippen molar-refractivity contribution in [2.45, 2.75) is 6.92 Å². The van der Waals surface area contributed by atoms with Crippen molar-refractivity contribution in [2.24, 2.45) is 0 Å². The number of imide groups is 1. The second-order valence-electron chi connectivity index (χ2n) is 3.14. The zero-order valence-electron chi connectivity index (χ0n) is 7.90. The number of aromatic nitrogens is 1. The van der Waals surface area contributed by atoms with Gasteiger partial charge in [-0.1, -0.05) is 0 Å². The Balaban J connectivity index is 2.38. The molecular weight excluding hydrogens is 307 g/mol. The standard InChI is InChI=1S/C10H7IN2O2/c1-6-4-9(14)13(10(6)15)8-3-2-7(11)5-12-8/h2-5H,1H3. The van der Waals surface area contributed by atoms with Crippen molar-refractivity contribution in [1.82, 2.24) is 4.98 Å². The van der Waals surface area contributed by atoms with Gasteiger partial charge in [0.1, 0.15) is 5.82 Å². The molecule has 0 aliphatic carbocycles. The van der Waals surface area contributed by atoms with Crippen LogP contribution in [0.5, 0.6) is 0 Å². The lowest BCUT2D eigenvalue weighted by Gasteiger charge is -2.12. The minimum Gasteiger partial charge on any atom is -0.269 e. The Bertz CT molecular complexity index is 465. The summed E-state index contributed by atoms with van der Waals surface area (Å²) in [5, 5.41) is 0. The Labute approximate surface area is 100 Å². The molecule has 0 atom stereocenters. The molecule has 76 valence electrons. The number of carbonyl (C=O) groups is 2. The molecule has 0 bridgehead atoms. The van der Waals surface area contributed by atoms with Gasteiger partial charge in [-0.15, -0.1) is 0 Å². The Hall–Kier alpha value is -1.24. The summed E-state index contributed by atoms with van der Waals surface area (Å²) in [6, 6.07) is 3.46. The number of halogens is 1. The summed E-state index contributed by atoms with van der Waals surface area (Å²) < 4.78 is 0.958. The molecule has 1 aliphatic rings. The van der Waals surface area contributed by atoms with Crippen LogP contribution in [-0.2, 0) is 9.59 Å². The average Bonchev–Trinajstić information content (AvgIpc) is 2.44. The van der Waals surface area contributed by atoms with E-state index in [2.05, 4.69) is 27.6 Å². The molecule has 0 fully saturated rings. The fourth-order valence-electron chi connectivity index (χ4n) is 1.31. The van der Waals surface area contributed by atoms with E-state index in [1.54, 1.807) is 25.3 Å². The second kappa shape index (κ2) is 3.73. The Morgan fingerprint density at radius 2 is 2.07 bits per heavy atom. The van der Waals surface area contributed by atoms with Crippen LogP contribution in [0.4, 0.5) is 5.82 Å². The number of hydrogen-bond acceptors (Lipinski definition) is 3. The maximum Gasteiger partial charge on any atom is 0.262 e. The van der Waals surface area contributed by atoms with Crippen molar-refractivity contribution in [3.8, 4) is 0 Å². The molecule has 5 heteroatoms. The van der Waals surface area contributed by atoms with Crippen LogP contribution in [-0.4, -0.2) is 16.8 Å². The van der Waals surface area contributed by atoms with Crippen molar-refractivity contribution in [3.63, 3.8) is 0 Å². The molecule has 2 rings (SSSR count). The first kappa shape index (κ1) is 10.3. The molecule has 1 aromatic rings. The third kappa shape index (κ3) is 1.79. The van der Waals surface area contributed by atoms with Gasteiger partial charge in [-0.3, -0.25) is 9.59 Å². The fraction of sp³-hybridized carbons (Fsp3) is 0.100. The van der Waals surface area contributed by atoms with E-state index in [0.29, 0.717) is 11.4 Å². The van der Waals surface area contributed by atoms with Gasteiger partial charge in [-0.25, -0.2) is 9.88 Å². The minimum absolute atomic E-state index is 0.297. The number of carbonyl (C=O) groups excluding carboxylic acids is 2. The van der Waals surface area contributed by atoms with E-state index in [0.717, 1.165) is 8.47 Å². The molecule has 4 nitrogen and oxygen atoms in total. The number of nitrogens with zero attached hydrogens (tertiary/aromatic N) is 2. The highest BCUT2D eigenvalue weighted by atomic mass is 127. The van der Waals surface area contributed by atoms with Crippen LogP contribution in [0.15, 0.2) is 30.0 Å². The SMILES string of the molecule is CC1=CC(=O)N(c2ccc(I)cn2)C1=O. The number of rotatable bonds is 1. The summed E-state index contributed by atoms with van der Waals surface area (Å²) >= 11 is 2.11. The topological polar surface area (TPSA) is 50.3 Å². The normalized spacial score (nSPS) is 15.9. The molecule has 0 N–H and O–H groups in total. The third-order valence-corrected chi connectivity index (χ3v) is 2.68. The Kier molecular flexibility index (Phi) is 2.56. The lowest BCUT2D eigenvalue weighted by atomic mass is 10.3. The molecule has 1 aromatic heterocycles. The lowest BCUT2D eigenvalue weighted by molar-refractivity contribution is -0.120. The predicted octanol–water partition coefficient (Wildman–Crippen LogP) is 1.51. The van der Waals surface area contributed by atoms with Crippen molar-refractivity contribution < 1.29 is 9.59 Å². The first-order chi connectivity index (χ1) is 7.09. The van der Waals surface area contributed by atoms with Gasteiger partial charge in [-0.05, 0) is 41.6 Å². The summed E-state index contributed by atoms with van der Waals surface area (Å²) in [6.07, 6.45) is 2.94. The highest BCUT2D eigenvalue weighted by molar-refractivity contribution is 14.1. The van der Waals surface area contributed by atoms with Gasteiger partial charge in [0.15, 0.2) is 0 Å². The minimum atomic E-state index is -0.328. The number of hydrogen-bond donors (Lipinski definition) is 0. The molecule has 0 aromatic carbocycles. The van der Waals surface area contributed by atoms with E-state index in [1.807, 2.05) is 0 Å². The molecule has 15 heavy (non-hydrogen) atoms. The zero-order chi connectivity index (χ0) is 11.0.